The van der Waals surface area contributed by atoms with E-state index in [0.717, 1.165) is 52.5 Å². The van der Waals surface area contributed by atoms with Crippen LogP contribution in [0.15, 0.2) is 22.8 Å². The summed E-state index contributed by atoms with van der Waals surface area (Å²) in [7, 11) is 1.37. The summed E-state index contributed by atoms with van der Waals surface area (Å²) in [5, 5.41) is 4.47. The first-order chi connectivity index (χ1) is 13.0. The van der Waals surface area contributed by atoms with Crippen LogP contribution in [0, 0.1) is 13.8 Å². The van der Waals surface area contributed by atoms with Gasteiger partial charge in [-0.3, -0.25) is 4.79 Å². The summed E-state index contributed by atoms with van der Waals surface area (Å²) in [6.07, 6.45) is 4.69. The molecule has 1 amide bonds. The Balaban J connectivity index is 1.59. The molecule has 0 saturated heterocycles. The van der Waals surface area contributed by atoms with Crippen LogP contribution in [0.2, 0.25) is 0 Å². The third-order valence-electron chi connectivity index (χ3n) is 5.26. The minimum atomic E-state index is -0.385. The van der Waals surface area contributed by atoms with Crippen molar-refractivity contribution >= 4 is 39.2 Å². The molecule has 0 fully saturated rings. The van der Waals surface area contributed by atoms with Crippen LogP contribution in [0.25, 0.3) is 11.0 Å². The van der Waals surface area contributed by atoms with Crippen molar-refractivity contribution in [2.45, 2.75) is 39.5 Å². The molecule has 0 atom stereocenters. The molecule has 1 N–H and O–H groups in total. The molecule has 0 bridgehead atoms. The Hall–Kier alpha value is -2.60. The van der Waals surface area contributed by atoms with Crippen LogP contribution in [-0.2, 0) is 28.8 Å². The summed E-state index contributed by atoms with van der Waals surface area (Å²) >= 11 is 1.49. The van der Waals surface area contributed by atoms with Gasteiger partial charge in [-0.2, -0.15) is 0 Å². The van der Waals surface area contributed by atoms with Crippen LogP contribution in [-0.4, -0.2) is 19.0 Å². The number of ether oxygens (including phenoxy) is 1. The lowest BCUT2D eigenvalue weighted by molar-refractivity contribution is -0.115. The van der Waals surface area contributed by atoms with Crippen LogP contribution >= 0.6 is 11.3 Å². The van der Waals surface area contributed by atoms with Gasteiger partial charge in [0.1, 0.15) is 10.6 Å². The zero-order valence-electron chi connectivity index (χ0n) is 15.6. The number of esters is 1. The van der Waals surface area contributed by atoms with E-state index in [1.54, 1.807) is 6.26 Å². The highest BCUT2D eigenvalue weighted by molar-refractivity contribution is 7.17. The zero-order chi connectivity index (χ0) is 19.1. The number of benzene rings is 1. The summed E-state index contributed by atoms with van der Waals surface area (Å²) in [5.74, 6) is -0.550. The van der Waals surface area contributed by atoms with Crippen LogP contribution in [0.1, 0.15) is 43.9 Å². The van der Waals surface area contributed by atoms with E-state index in [0.29, 0.717) is 10.6 Å². The first-order valence-corrected chi connectivity index (χ1v) is 9.80. The van der Waals surface area contributed by atoms with Crippen molar-refractivity contribution in [2.75, 3.05) is 12.4 Å². The fourth-order valence-electron chi connectivity index (χ4n) is 3.68. The van der Waals surface area contributed by atoms with Gasteiger partial charge in [-0.25, -0.2) is 4.79 Å². The van der Waals surface area contributed by atoms with Crippen LogP contribution in [0.3, 0.4) is 0 Å². The van der Waals surface area contributed by atoms with Crippen LogP contribution in [0.5, 0.6) is 0 Å². The van der Waals surface area contributed by atoms with Gasteiger partial charge in [0.25, 0.3) is 0 Å². The number of furan rings is 1. The molecule has 0 radical (unpaired) electrons. The number of amides is 1. The predicted octanol–water partition coefficient (Wildman–Crippen LogP) is 4.57. The maximum absolute atomic E-state index is 12.7. The SMILES string of the molecule is COC(=O)c1c(NC(=O)Cc2coc3c(C)c(C)ccc23)sc2c1CCC2. The largest absolute Gasteiger partial charge is 0.465 e. The second kappa shape index (κ2) is 6.85. The molecule has 27 heavy (non-hydrogen) atoms. The highest BCUT2D eigenvalue weighted by Crippen LogP contribution is 2.39. The Morgan fingerprint density at radius 2 is 2.07 bits per heavy atom. The molecule has 1 aliphatic carbocycles. The third-order valence-corrected chi connectivity index (χ3v) is 6.46. The molecule has 1 aliphatic rings. The topological polar surface area (TPSA) is 68.5 Å². The number of carbonyl (C=O) groups is 2. The number of hydrogen-bond acceptors (Lipinski definition) is 5. The smallest absolute Gasteiger partial charge is 0.341 e. The standard InChI is InChI=1S/C21H21NO4S/c1-11-7-8-14-13(10-26-19(14)12(11)2)9-17(23)22-20-18(21(24)25-3)15-5-4-6-16(15)27-20/h7-8,10H,4-6,9H2,1-3H3,(H,22,23). The van der Waals surface area contributed by atoms with E-state index in [2.05, 4.69) is 5.32 Å². The van der Waals surface area contributed by atoms with Crippen LogP contribution < -0.4 is 5.32 Å². The average Bonchev–Trinajstić information content (AvgIpc) is 3.32. The number of rotatable bonds is 4. The number of methoxy groups -OCH3 is 1. The zero-order valence-corrected chi connectivity index (χ0v) is 16.4. The molecular formula is C21H21NO4S. The molecule has 2 heterocycles. The second-order valence-electron chi connectivity index (χ2n) is 6.92. The molecule has 0 aliphatic heterocycles. The molecule has 6 heteroatoms. The fourth-order valence-corrected chi connectivity index (χ4v) is 4.97. The van der Waals surface area contributed by atoms with Crippen molar-refractivity contribution in [3.05, 3.63) is 51.1 Å². The summed E-state index contributed by atoms with van der Waals surface area (Å²) in [6.45, 7) is 4.05. The number of nitrogens with one attached hydrogen (secondary N) is 1. The first-order valence-electron chi connectivity index (χ1n) is 8.98. The van der Waals surface area contributed by atoms with Gasteiger partial charge in [-0.15, -0.1) is 11.3 Å². The third kappa shape index (κ3) is 3.04. The van der Waals surface area contributed by atoms with E-state index in [1.165, 1.54) is 23.3 Å². The Labute approximate surface area is 161 Å². The van der Waals surface area contributed by atoms with E-state index in [-0.39, 0.29) is 18.3 Å². The molecule has 5 nitrogen and oxygen atoms in total. The number of fused-ring (bicyclic) bond motifs is 2. The van der Waals surface area contributed by atoms with E-state index < -0.39 is 0 Å². The van der Waals surface area contributed by atoms with Gasteiger partial charge in [-0.05, 0) is 49.8 Å². The Morgan fingerprint density at radius 3 is 2.85 bits per heavy atom. The minimum absolute atomic E-state index is 0.166. The van der Waals surface area contributed by atoms with Gasteiger partial charge in [0.2, 0.25) is 5.91 Å². The predicted molar refractivity (Wildman–Crippen MR) is 106 cm³/mol. The van der Waals surface area contributed by atoms with E-state index in [4.69, 9.17) is 9.15 Å². The molecule has 140 valence electrons. The lowest BCUT2D eigenvalue weighted by atomic mass is 10.0. The van der Waals surface area contributed by atoms with E-state index >= 15 is 0 Å². The number of hydrogen-bond donors (Lipinski definition) is 1. The van der Waals surface area contributed by atoms with Crippen molar-refractivity contribution in [1.82, 2.24) is 0 Å². The summed E-state index contributed by atoms with van der Waals surface area (Å²) < 4.78 is 10.6. The van der Waals surface area contributed by atoms with Crippen LogP contribution in [0.4, 0.5) is 5.00 Å². The minimum Gasteiger partial charge on any atom is -0.465 e. The number of thiophene rings is 1. The Morgan fingerprint density at radius 1 is 1.26 bits per heavy atom. The maximum atomic E-state index is 12.7. The van der Waals surface area contributed by atoms with Gasteiger partial charge in [0.15, 0.2) is 0 Å². The van der Waals surface area contributed by atoms with Crippen molar-refractivity contribution in [3.63, 3.8) is 0 Å². The molecular weight excluding hydrogens is 362 g/mol. The summed E-state index contributed by atoms with van der Waals surface area (Å²) in [5.41, 5.74) is 5.46. The molecule has 0 saturated carbocycles. The Kier molecular flexibility index (Phi) is 4.52. The van der Waals surface area contributed by atoms with Gasteiger partial charge in [-0.1, -0.05) is 12.1 Å². The lowest BCUT2D eigenvalue weighted by Gasteiger charge is -2.07. The first kappa shape index (κ1) is 17.8. The molecule has 4 rings (SSSR count). The highest BCUT2D eigenvalue weighted by atomic mass is 32.1. The second-order valence-corrected chi connectivity index (χ2v) is 8.03. The van der Waals surface area contributed by atoms with Gasteiger partial charge < -0.3 is 14.5 Å². The van der Waals surface area contributed by atoms with E-state index in [9.17, 15) is 9.59 Å². The maximum Gasteiger partial charge on any atom is 0.341 e. The van der Waals surface area contributed by atoms with Gasteiger partial charge in [0, 0.05) is 15.8 Å². The van der Waals surface area contributed by atoms with Crippen molar-refractivity contribution < 1.29 is 18.7 Å². The number of aryl methyl sites for hydroxylation is 3. The number of carbonyl (C=O) groups excluding carboxylic acids is 2. The molecule has 3 aromatic rings. The molecule has 0 spiro atoms. The van der Waals surface area contributed by atoms with Crippen molar-refractivity contribution in [1.29, 1.82) is 0 Å². The summed E-state index contributed by atoms with van der Waals surface area (Å²) in [6, 6.07) is 4.02. The van der Waals surface area contributed by atoms with Gasteiger partial charge in [0.05, 0.1) is 25.4 Å². The molecule has 1 aromatic carbocycles. The monoisotopic (exact) mass is 383 g/mol. The normalized spacial score (nSPS) is 13.0. The Bertz CT molecular complexity index is 1060. The average molecular weight is 383 g/mol. The highest BCUT2D eigenvalue weighted by Gasteiger charge is 2.28. The lowest BCUT2D eigenvalue weighted by Crippen LogP contribution is -2.16. The summed E-state index contributed by atoms with van der Waals surface area (Å²) in [4.78, 5) is 26.1. The van der Waals surface area contributed by atoms with Crippen molar-refractivity contribution in [3.8, 4) is 0 Å². The number of anilines is 1. The van der Waals surface area contributed by atoms with Crippen molar-refractivity contribution in [2.24, 2.45) is 0 Å². The quantitative estimate of drug-likeness (QED) is 0.670. The van der Waals surface area contributed by atoms with Gasteiger partial charge >= 0.3 is 5.97 Å². The molecule has 2 aromatic heterocycles. The van der Waals surface area contributed by atoms with E-state index in [1.807, 2.05) is 26.0 Å². The molecule has 0 unspecified atom stereocenters. The fraction of sp³-hybridized carbons (Fsp3) is 0.333.